The van der Waals surface area contributed by atoms with Crippen molar-refractivity contribution in [1.82, 2.24) is 19.4 Å². The summed E-state index contributed by atoms with van der Waals surface area (Å²) in [6, 6.07) is 15.8. The maximum absolute atomic E-state index is 13.4. The molecule has 0 fully saturated rings. The lowest BCUT2D eigenvalue weighted by Crippen LogP contribution is -2.27. The number of hydrogen-bond donors (Lipinski definition) is 0. The Bertz CT molecular complexity index is 1250. The molecule has 4 aromatic rings. The van der Waals surface area contributed by atoms with Crippen molar-refractivity contribution < 1.29 is 9.53 Å². The number of carbonyl (C=O) groups is 1. The lowest BCUT2D eigenvalue weighted by atomic mass is 9.97. The van der Waals surface area contributed by atoms with Crippen LogP contribution in [0.2, 0.25) is 0 Å². The molecule has 0 saturated heterocycles. The number of carbonyl (C=O) groups excluding carboxylic acids is 1. The van der Waals surface area contributed by atoms with E-state index in [4.69, 9.17) is 9.72 Å². The Hall–Kier alpha value is -3.67. The summed E-state index contributed by atoms with van der Waals surface area (Å²) < 4.78 is 7.66. The molecule has 0 radical (unpaired) electrons. The smallest absolute Gasteiger partial charge is 0.255 e. The number of amides is 1. The van der Waals surface area contributed by atoms with Gasteiger partial charge in [0, 0.05) is 38.0 Å². The average Bonchev–Trinajstić information content (AvgIpc) is 3.29. The minimum absolute atomic E-state index is 0.0366. The molecule has 30 heavy (non-hydrogen) atoms. The standard InChI is InChI=1S/C24H22N4O2/c1-27-20-6-4-3-5-19(20)26-22(27)11-14-28-15-18-21(30-2)8-7-17(23(18)24(28)29)16-9-12-25-13-10-16/h3-10,12-13H,11,14-15H2,1-2H3. The number of rotatable bonds is 5. The number of para-hydroxylation sites is 2. The fourth-order valence-corrected chi connectivity index (χ4v) is 4.25. The van der Waals surface area contributed by atoms with E-state index < -0.39 is 0 Å². The fourth-order valence-electron chi connectivity index (χ4n) is 4.25. The van der Waals surface area contributed by atoms with Gasteiger partial charge in [0.05, 0.1) is 30.3 Å². The molecular weight excluding hydrogens is 376 g/mol. The van der Waals surface area contributed by atoms with Gasteiger partial charge >= 0.3 is 0 Å². The number of imidazole rings is 1. The largest absolute Gasteiger partial charge is 0.496 e. The first kappa shape index (κ1) is 18.4. The molecule has 5 rings (SSSR count). The molecule has 150 valence electrons. The number of aromatic nitrogens is 3. The predicted molar refractivity (Wildman–Crippen MR) is 115 cm³/mol. The molecule has 0 saturated carbocycles. The van der Waals surface area contributed by atoms with E-state index in [0.29, 0.717) is 19.5 Å². The van der Waals surface area contributed by atoms with Gasteiger partial charge in [-0.15, -0.1) is 0 Å². The van der Waals surface area contributed by atoms with Gasteiger partial charge in [0.25, 0.3) is 5.91 Å². The van der Waals surface area contributed by atoms with Crippen molar-refractivity contribution in [2.75, 3.05) is 13.7 Å². The summed E-state index contributed by atoms with van der Waals surface area (Å²) in [7, 11) is 3.67. The van der Waals surface area contributed by atoms with E-state index in [1.165, 1.54) is 0 Å². The zero-order valence-corrected chi connectivity index (χ0v) is 17.0. The van der Waals surface area contributed by atoms with Gasteiger partial charge in [0.1, 0.15) is 11.6 Å². The number of methoxy groups -OCH3 is 1. The van der Waals surface area contributed by atoms with Gasteiger partial charge < -0.3 is 14.2 Å². The van der Waals surface area contributed by atoms with Gasteiger partial charge in [-0.25, -0.2) is 4.98 Å². The second-order valence-corrected chi connectivity index (χ2v) is 7.46. The van der Waals surface area contributed by atoms with Gasteiger partial charge in [-0.2, -0.15) is 0 Å². The van der Waals surface area contributed by atoms with Crippen molar-refractivity contribution in [2.45, 2.75) is 13.0 Å². The maximum Gasteiger partial charge on any atom is 0.255 e. The van der Waals surface area contributed by atoms with Crippen LogP contribution in [-0.4, -0.2) is 39.0 Å². The van der Waals surface area contributed by atoms with Crippen molar-refractivity contribution in [3.05, 3.63) is 77.9 Å². The van der Waals surface area contributed by atoms with Crippen LogP contribution in [0.1, 0.15) is 21.7 Å². The fraction of sp³-hybridized carbons (Fsp3) is 0.208. The summed E-state index contributed by atoms with van der Waals surface area (Å²) in [6.07, 6.45) is 4.18. The summed E-state index contributed by atoms with van der Waals surface area (Å²) in [5, 5.41) is 0. The summed E-state index contributed by atoms with van der Waals surface area (Å²) >= 11 is 0. The zero-order chi connectivity index (χ0) is 20.7. The van der Waals surface area contributed by atoms with Crippen molar-refractivity contribution in [3.63, 3.8) is 0 Å². The molecular formula is C24H22N4O2. The normalized spacial score (nSPS) is 13.1. The molecule has 2 aromatic carbocycles. The summed E-state index contributed by atoms with van der Waals surface area (Å²) in [6.45, 7) is 1.14. The van der Waals surface area contributed by atoms with Gasteiger partial charge in [-0.3, -0.25) is 9.78 Å². The molecule has 0 unspecified atom stereocenters. The molecule has 0 aliphatic carbocycles. The van der Waals surface area contributed by atoms with Crippen molar-refractivity contribution in [1.29, 1.82) is 0 Å². The third kappa shape index (κ3) is 2.92. The highest BCUT2D eigenvalue weighted by Crippen LogP contribution is 2.38. The van der Waals surface area contributed by atoms with Crippen LogP contribution in [-0.2, 0) is 20.0 Å². The van der Waals surface area contributed by atoms with Crippen LogP contribution < -0.4 is 4.74 Å². The molecule has 1 amide bonds. The molecule has 1 aliphatic rings. The summed E-state index contributed by atoms with van der Waals surface area (Å²) in [5.74, 6) is 1.76. The van der Waals surface area contributed by atoms with E-state index in [1.807, 2.05) is 54.4 Å². The lowest BCUT2D eigenvalue weighted by Gasteiger charge is -2.15. The highest BCUT2D eigenvalue weighted by molar-refractivity contribution is 6.05. The van der Waals surface area contributed by atoms with Crippen molar-refractivity contribution >= 4 is 16.9 Å². The first-order chi connectivity index (χ1) is 14.7. The Morgan fingerprint density at radius 2 is 1.87 bits per heavy atom. The number of ether oxygens (including phenoxy) is 1. The van der Waals surface area contributed by atoms with Crippen molar-refractivity contribution in [3.8, 4) is 16.9 Å². The number of aryl methyl sites for hydroxylation is 1. The van der Waals surface area contributed by atoms with Crippen LogP contribution >= 0.6 is 0 Å². The SMILES string of the molecule is COc1ccc(-c2ccncc2)c2c1CN(CCc1nc3ccccc3n1C)C2=O. The molecule has 1 aliphatic heterocycles. The Morgan fingerprint density at radius 3 is 2.63 bits per heavy atom. The van der Waals surface area contributed by atoms with Crippen LogP contribution in [0.15, 0.2) is 60.9 Å². The van der Waals surface area contributed by atoms with Crippen LogP contribution in [0.4, 0.5) is 0 Å². The minimum Gasteiger partial charge on any atom is -0.496 e. The Morgan fingerprint density at radius 1 is 1.07 bits per heavy atom. The average molecular weight is 398 g/mol. The topological polar surface area (TPSA) is 60.2 Å². The Labute approximate surface area is 174 Å². The Balaban J connectivity index is 1.45. The zero-order valence-electron chi connectivity index (χ0n) is 17.0. The van der Waals surface area contributed by atoms with E-state index in [-0.39, 0.29) is 5.91 Å². The van der Waals surface area contributed by atoms with Crippen LogP contribution in [0, 0.1) is 0 Å². The summed E-state index contributed by atoms with van der Waals surface area (Å²) in [5.41, 5.74) is 5.66. The van der Waals surface area contributed by atoms with Gasteiger partial charge in [-0.05, 0) is 47.5 Å². The Kier molecular flexibility index (Phi) is 4.47. The van der Waals surface area contributed by atoms with Gasteiger partial charge in [-0.1, -0.05) is 12.1 Å². The molecule has 0 bridgehead atoms. The third-order valence-corrected chi connectivity index (χ3v) is 5.82. The van der Waals surface area contributed by atoms with E-state index >= 15 is 0 Å². The summed E-state index contributed by atoms with van der Waals surface area (Å²) in [4.78, 5) is 24.1. The molecule has 0 N–H and O–H groups in total. The van der Waals surface area contributed by atoms with Crippen LogP contribution in [0.5, 0.6) is 5.75 Å². The maximum atomic E-state index is 13.4. The molecule has 0 spiro atoms. The number of fused-ring (bicyclic) bond motifs is 2. The number of hydrogen-bond acceptors (Lipinski definition) is 4. The number of pyridine rings is 1. The van der Waals surface area contributed by atoms with E-state index in [0.717, 1.165) is 44.9 Å². The van der Waals surface area contributed by atoms with E-state index in [2.05, 4.69) is 15.6 Å². The van der Waals surface area contributed by atoms with Gasteiger partial charge in [0.2, 0.25) is 0 Å². The molecule has 6 nitrogen and oxygen atoms in total. The first-order valence-corrected chi connectivity index (χ1v) is 9.97. The van der Waals surface area contributed by atoms with E-state index in [1.54, 1.807) is 19.5 Å². The highest BCUT2D eigenvalue weighted by Gasteiger charge is 2.33. The van der Waals surface area contributed by atoms with Gasteiger partial charge in [0.15, 0.2) is 0 Å². The molecule has 2 aromatic heterocycles. The minimum atomic E-state index is 0.0366. The highest BCUT2D eigenvalue weighted by atomic mass is 16.5. The second-order valence-electron chi connectivity index (χ2n) is 7.46. The van der Waals surface area contributed by atoms with Crippen LogP contribution in [0.3, 0.4) is 0 Å². The monoisotopic (exact) mass is 398 g/mol. The first-order valence-electron chi connectivity index (χ1n) is 9.97. The predicted octanol–water partition coefficient (Wildman–Crippen LogP) is 3.84. The molecule has 3 heterocycles. The second kappa shape index (κ2) is 7.30. The molecule has 0 atom stereocenters. The molecule has 6 heteroatoms. The van der Waals surface area contributed by atoms with E-state index in [9.17, 15) is 4.79 Å². The number of nitrogens with zero attached hydrogens (tertiary/aromatic N) is 4. The third-order valence-electron chi connectivity index (χ3n) is 5.82. The lowest BCUT2D eigenvalue weighted by molar-refractivity contribution is 0.0780. The van der Waals surface area contributed by atoms with Crippen LogP contribution in [0.25, 0.3) is 22.2 Å². The van der Waals surface area contributed by atoms with Crippen molar-refractivity contribution in [2.24, 2.45) is 7.05 Å². The quantitative estimate of drug-likeness (QED) is 0.512. The number of benzene rings is 2.